The maximum absolute atomic E-state index is 12.0. The summed E-state index contributed by atoms with van der Waals surface area (Å²) in [6.45, 7) is 11.0. The van der Waals surface area contributed by atoms with Crippen LogP contribution in [0.2, 0.25) is 10.0 Å². The second-order valence-electron chi connectivity index (χ2n) is 14.1. The lowest BCUT2D eigenvalue weighted by Crippen LogP contribution is -2.21. The molecule has 8 aromatic rings. The second kappa shape index (κ2) is 20.9. The van der Waals surface area contributed by atoms with Crippen LogP contribution in [0.1, 0.15) is 33.3 Å². The molecule has 0 spiro atoms. The zero-order chi connectivity index (χ0) is 48.3. The Balaban J connectivity index is 1.20. The number of rotatable bonds is 19. The minimum Gasteiger partial charge on any atom is -0.372 e. The van der Waals surface area contributed by atoms with Crippen LogP contribution < -0.4 is 20.4 Å². The van der Waals surface area contributed by atoms with Gasteiger partial charge in [-0.15, -0.1) is 20.5 Å². The van der Waals surface area contributed by atoms with Gasteiger partial charge in [0.05, 0.1) is 32.2 Å². The quantitative estimate of drug-likeness (QED) is 0.0334. The second-order valence-corrected chi connectivity index (χ2v) is 22.6. The minimum absolute atomic E-state index is 0.155. The van der Waals surface area contributed by atoms with Gasteiger partial charge in [0.15, 0.2) is 23.6 Å². The topological polar surface area (TPSA) is 253 Å². The van der Waals surface area contributed by atoms with Gasteiger partial charge in [0.1, 0.15) is 21.0 Å². The molecule has 0 atom stereocenters. The summed E-state index contributed by atoms with van der Waals surface area (Å²) in [4.78, 5) is 19.4. The summed E-state index contributed by atoms with van der Waals surface area (Å²) >= 11 is 17.7. The standard InChI is InChI=1S/C40H37Cl2N13O6S7/c1-5-54(6-2)22-14-16-24(48-50-32-28-30(41)36(67(56,57)58)63-34(28)52-65-32)26(18-22)43-38-45-39(47-40(46-38)62-20-21-12-10-9-11-13-21)44-27-19-23(55(7-3)8-4)15-17-25(27)49-51-33-29-31(42)37(68(59,60)61)64-35(29)53-66-33/h9-19H,5-8,20H2,1-4H3,(H,56,57,58)(H,59,60,61)(H2,43,44,45,46,47)/b50-48+,51-49+. The molecular weight excluding hydrogens is 1050 g/mol. The Morgan fingerprint density at radius 3 is 1.49 bits per heavy atom. The first-order valence-corrected chi connectivity index (χ1v) is 28.1. The van der Waals surface area contributed by atoms with Crippen molar-refractivity contribution in [3.05, 3.63) is 82.3 Å². The molecular formula is C40H37Cl2N13O6S7. The molecule has 0 aliphatic carbocycles. The van der Waals surface area contributed by atoms with Gasteiger partial charge < -0.3 is 20.4 Å². The Kier molecular flexibility index (Phi) is 15.2. The molecule has 0 unspecified atom stereocenters. The lowest BCUT2D eigenvalue weighted by molar-refractivity contribution is 0.483. The molecule has 0 saturated heterocycles. The summed E-state index contributed by atoms with van der Waals surface area (Å²) in [5, 5.41) is 25.7. The summed E-state index contributed by atoms with van der Waals surface area (Å²) in [6.07, 6.45) is 0. The van der Waals surface area contributed by atoms with Crippen LogP contribution in [0.3, 0.4) is 0 Å². The number of halogens is 2. The van der Waals surface area contributed by atoms with Crippen molar-refractivity contribution in [3.8, 4) is 0 Å². The zero-order valence-electron chi connectivity index (χ0n) is 35.9. The molecule has 5 heterocycles. The SMILES string of the molecule is CCN(CC)c1ccc(/N=N/c2snc3sc(S(=O)(=O)O)c(Cl)c23)c(Nc2nc(Nc3cc(N(CC)CC)ccc3/N=N/c3snc4sc(S(=O)(=O)O)c(Cl)c34)nc(SCc3ccccc3)n2)c1. The first kappa shape index (κ1) is 49.4. The van der Waals surface area contributed by atoms with Crippen LogP contribution in [-0.4, -0.2) is 75.8 Å². The van der Waals surface area contributed by atoms with Gasteiger partial charge in [-0.3, -0.25) is 9.11 Å². The van der Waals surface area contributed by atoms with Crippen molar-refractivity contribution in [2.45, 2.75) is 47.0 Å². The summed E-state index contributed by atoms with van der Waals surface area (Å²) in [5.41, 5.74) is 4.49. The maximum atomic E-state index is 12.0. The normalized spacial score (nSPS) is 12.3. The highest BCUT2D eigenvalue weighted by molar-refractivity contribution is 7.98. The molecule has 28 heteroatoms. The third-order valence-electron chi connectivity index (χ3n) is 9.96. The Hall–Kier alpha value is -5.00. The molecule has 0 fully saturated rings. The van der Waals surface area contributed by atoms with E-state index < -0.39 is 28.7 Å². The number of hydrogen-bond donors (Lipinski definition) is 4. The Bertz CT molecular complexity index is 3230. The van der Waals surface area contributed by atoms with Gasteiger partial charge in [-0.2, -0.15) is 40.5 Å². The lowest BCUT2D eigenvalue weighted by atomic mass is 10.2. The molecule has 0 saturated carbocycles. The molecule has 0 aliphatic heterocycles. The van der Waals surface area contributed by atoms with Crippen LogP contribution in [0.5, 0.6) is 0 Å². The van der Waals surface area contributed by atoms with Gasteiger partial charge in [0.25, 0.3) is 0 Å². The third-order valence-corrected chi connectivity index (χ3v) is 18.6. The van der Waals surface area contributed by atoms with Gasteiger partial charge in [-0.05, 0) is 92.7 Å². The van der Waals surface area contributed by atoms with Crippen molar-refractivity contribution in [1.29, 1.82) is 0 Å². The van der Waals surface area contributed by atoms with E-state index in [2.05, 4.69) is 49.6 Å². The fraction of sp³-hybridized carbons (Fsp3) is 0.225. The number of azo groups is 2. The number of benzene rings is 3. The van der Waals surface area contributed by atoms with Gasteiger partial charge in [-0.1, -0.05) is 88.0 Å². The number of hydrogen-bond acceptors (Lipinski definition) is 22. The number of thioether (sulfide) groups is 1. The first-order chi connectivity index (χ1) is 32.6. The van der Waals surface area contributed by atoms with E-state index in [0.29, 0.717) is 59.8 Å². The van der Waals surface area contributed by atoms with Gasteiger partial charge in [0.2, 0.25) is 11.9 Å². The van der Waals surface area contributed by atoms with E-state index in [4.69, 9.17) is 38.2 Å². The maximum Gasteiger partial charge on any atom is 0.305 e. The fourth-order valence-electron chi connectivity index (χ4n) is 6.68. The van der Waals surface area contributed by atoms with Crippen molar-refractivity contribution in [3.63, 3.8) is 0 Å². The third kappa shape index (κ3) is 10.9. The highest BCUT2D eigenvalue weighted by Crippen LogP contribution is 2.47. The molecule has 19 nitrogen and oxygen atoms in total. The molecule has 354 valence electrons. The predicted molar refractivity (Wildman–Crippen MR) is 275 cm³/mol. The Morgan fingerprint density at radius 1 is 0.632 bits per heavy atom. The number of aromatic nitrogens is 5. The summed E-state index contributed by atoms with van der Waals surface area (Å²) in [6, 6.07) is 21.0. The molecule has 5 aromatic heterocycles. The first-order valence-electron chi connectivity index (χ1n) is 20.3. The highest BCUT2D eigenvalue weighted by Gasteiger charge is 2.27. The Morgan fingerprint density at radius 2 is 1.07 bits per heavy atom. The molecule has 4 N–H and O–H groups in total. The lowest BCUT2D eigenvalue weighted by Gasteiger charge is -2.22. The monoisotopic (exact) mass is 1090 g/mol. The number of fused-ring (bicyclic) bond motifs is 2. The van der Waals surface area contributed by atoms with Crippen molar-refractivity contribution in [2.75, 3.05) is 46.6 Å². The van der Waals surface area contributed by atoms with E-state index in [0.717, 1.165) is 62.7 Å². The van der Waals surface area contributed by atoms with E-state index in [-0.39, 0.29) is 52.4 Å². The molecule has 0 aliphatic rings. The van der Waals surface area contributed by atoms with E-state index in [9.17, 15) is 25.9 Å². The summed E-state index contributed by atoms with van der Waals surface area (Å²) in [7, 11) is -9.19. The van der Waals surface area contributed by atoms with Crippen LogP contribution >= 0.6 is 80.7 Å². The summed E-state index contributed by atoms with van der Waals surface area (Å²) < 4.78 is 75.1. The predicted octanol–water partition coefficient (Wildman–Crippen LogP) is 13.3. The largest absolute Gasteiger partial charge is 0.372 e. The summed E-state index contributed by atoms with van der Waals surface area (Å²) in [5.74, 6) is 0.850. The number of nitrogens with zero attached hydrogens (tertiary/aromatic N) is 11. The van der Waals surface area contributed by atoms with E-state index in [1.54, 1.807) is 12.1 Å². The Labute approximate surface area is 420 Å². The average Bonchev–Trinajstić information content (AvgIpc) is 4.08. The minimum atomic E-state index is -4.59. The van der Waals surface area contributed by atoms with Gasteiger partial charge in [0, 0.05) is 43.3 Å². The molecule has 0 amide bonds. The van der Waals surface area contributed by atoms with E-state index in [1.807, 2.05) is 82.3 Å². The van der Waals surface area contributed by atoms with Crippen LogP contribution in [0.15, 0.2) is 101 Å². The molecule has 0 bridgehead atoms. The van der Waals surface area contributed by atoms with E-state index >= 15 is 0 Å². The zero-order valence-corrected chi connectivity index (χ0v) is 43.2. The van der Waals surface area contributed by atoms with E-state index in [1.165, 1.54) is 11.8 Å². The van der Waals surface area contributed by atoms with Gasteiger partial charge >= 0.3 is 20.2 Å². The van der Waals surface area contributed by atoms with Crippen molar-refractivity contribution in [1.82, 2.24) is 23.7 Å². The number of nitrogens with one attached hydrogen (secondary N) is 2. The van der Waals surface area contributed by atoms with Crippen LogP contribution in [0.4, 0.5) is 56.0 Å². The fourth-order valence-corrected chi connectivity index (χ4v) is 14.1. The van der Waals surface area contributed by atoms with Crippen molar-refractivity contribution < 1.29 is 25.9 Å². The highest BCUT2D eigenvalue weighted by atomic mass is 35.5. The van der Waals surface area contributed by atoms with Crippen molar-refractivity contribution >= 4 is 177 Å². The van der Waals surface area contributed by atoms with Crippen molar-refractivity contribution in [2.24, 2.45) is 20.5 Å². The van der Waals surface area contributed by atoms with Crippen LogP contribution in [-0.2, 0) is 26.0 Å². The van der Waals surface area contributed by atoms with Crippen LogP contribution in [0.25, 0.3) is 20.4 Å². The molecule has 0 radical (unpaired) electrons. The molecule has 8 rings (SSSR count). The number of anilines is 6. The average molecular weight is 1090 g/mol. The van der Waals surface area contributed by atoms with Gasteiger partial charge in [-0.25, -0.2) is 0 Å². The number of thiophene rings is 2. The molecule has 3 aromatic carbocycles. The van der Waals surface area contributed by atoms with Crippen LogP contribution in [0, 0.1) is 0 Å². The molecule has 68 heavy (non-hydrogen) atoms. The smallest absolute Gasteiger partial charge is 0.305 e.